The van der Waals surface area contributed by atoms with Crippen LogP contribution in [-0.2, 0) is 23.0 Å². The van der Waals surface area contributed by atoms with Crippen molar-refractivity contribution in [3.63, 3.8) is 0 Å². The van der Waals surface area contributed by atoms with Crippen LogP contribution in [0.25, 0.3) is 0 Å². The molecule has 0 fully saturated rings. The maximum absolute atomic E-state index is 11.6. The van der Waals surface area contributed by atoms with Crippen LogP contribution in [0.3, 0.4) is 0 Å². The van der Waals surface area contributed by atoms with Crippen molar-refractivity contribution >= 4 is 10.0 Å². The molecule has 0 amide bonds. The Hall–Kier alpha value is -0.920. The first kappa shape index (κ1) is 15.1. The van der Waals surface area contributed by atoms with E-state index in [2.05, 4.69) is 15.0 Å². The van der Waals surface area contributed by atoms with Crippen LogP contribution in [0.15, 0.2) is 10.6 Å². The molecule has 0 saturated heterocycles. The van der Waals surface area contributed by atoms with Crippen molar-refractivity contribution in [3.05, 3.63) is 17.8 Å². The SMILES string of the molecule is CCCNCCS(=O)(=O)NCc1ncc(CC)o1. The van der Waals surface area contributed by atoms with Gasteiger partial charge < -0.3 is 9.73 Å². The lowest BCUT2D eigenvalue weighted by Crippen LogP contribution is -2.32. The number of rotatable bonds is 9. The average Bonchev–Trinajstić information content (AvgIpc) is 2.80. The van der Waals surface area contributed by atoms with Gasteiger partial charge in [0.25, 0.3) is 0 Å². The lowest BCUT2D eigenvalue weighted by Gasteiger charge is -2.05. The van der Waals surface area contributed by atoms with E-state index < -0.39 is 10.0 Å². The number of aryl methyl sites for hydroxylation is 1. The lowest BCUT2D eigenvalue weighted by molar-refractivity contribution is 0.452. The van der Waals surface area contributed by atoms with Crippen molar-refractivity contribution in [2.75, 3.05) is 18.8 Å². The summed E-state index contributed by atoms with van der Waals surface area (Å²) in [6, 6.07) is 0. The molecule has 0 atom stereocenters. The maximum atomic E-state index is 11.6. The van der Waals surface area contributed by atoms with Crippen LogP contribution in [0, 0.1) is 0 Å². The summed E-state index contributed by atoms with van der Waals surface area (Å²) >= 11 is 0. The largest absolute Gasteiger partial charge is 0.444 e. The molecule has 1 aromatic rings. The molecule has 0 unspecified atom stereocenters. The van der Waals surface area contributed by atoms with Crippen LogP contribution >= 0.6 is 0 Å². The average molecular weight is 275 g/mol. The van der Waals surface area contributed by atoms with E-state index in [1.54, 1.807) is 6.20 Å². The Kier molecular flexibility index (Phi) is 6.31. The third kappa shape index (κ3) is 5.61. The minimum atomic E-state index is -3.27. The minimum absolute atomic E-state index is 0.0638. The van der Waals surface area contributed by atoms with Crippen LogP contribution in [-0.4, -0.2) is 32.2 Å². The first-order chi connectivity index (χ1) is 8.57. The molecule has 0 aromatic carbocycles. The van der Waals surface area contributed by atoms with Gasteiger partial charge in [-0.3, -0.25) is 0 Å². The second kappa shape index (κ2) is 7.50. The zero-order chi connectivity index (χ0) is 13.4. The molecule has 0 saturated carbocycles. The van der Waals surface area contributed by atoms with Crippen molar-refractivity contribution in [3.8, 4) is 0 Å². The maximum Gasteiger partial charge on any atom is 0.213 e. The molecule has 0 aliphatic rings. The summed E-state index contributed by atoms with van der Waals surface area (Å²) in [6.07, 6.45) is 3.36. The molecule has 1 heterocycles. The van der Waals surface area contributed by atoms with Gasteiger partial charge in [-0.05, 0) is 13.0 Å². The highest BCUT2D eigenvalue weighted by Gasteiger charge is 2.11. The van der Waals surface area contributed by atoms with Crippen LogP contribution in [0.4, 0.5) is 0 Å². The topological polar surface area (TPSA) is 84.2 Å². The Morgan fingerprint density at radius 3 is 2.72 bits per heavy atom. The number of sulfonamides is 1. The number of oxazole rings is 1. The molecule has 0 bridgehead atoms. The summed E-state index contributed by atoms with van der Waals surface area (Å²) in [5, 5.41) is 3.04. The molecule has 104 valence electrons. The summed E-state index contributed by atoms with van der Waals surface area (Å²) < 4.78 is 31.0. The van der Waals surface area contributed by atoms with Gasteiger partial charge in [-0.25, -0.2) is 18.1 Å². The molecular formula is C11H21N3O3S. The van der Waals surface area contributed by atoms with Crippen molar-refractivity contribution in [1.29, 1.82) is 0 Å². The van der Waals surface area contributed by atoms with Gasteiger partial charge in [0.2, 0.25) is 15.9 Å². The minimum Gasteiger partial charge on any atom is -0.444 e. The molecule has 7 heteroatoms. The van der Waals surface area contributed by atoms with E-state index in [1.165, 1.54) is 0 Å². The number of hydrogen-bond donors (Lipinski definition) is 2. The molecule has 2 N–H and O–H groups in total. The van der Waals surface area contributed by atoms with Gasteiger partial charge in [0.15, 0.2) is 0 Å². The molecule has 0 radical (unpaired) electrons. The van der Waals surface area contributed by atoms with Crippen molar-refractivity contribution in [2.45, 2.75) is 33.2 Å². The van der Waals surface area contributed by atoms with Gasteiger partial charge in [0.05, 0.1) is 18.5 Å². The monoisotopic (exact) mass is 275 g/mol. The van der Waals surface area contributed by atoms with E-state index >= 15 is 0 Å². The van der Waals surface area contributed by atoms with E-state index in [0.717, 1.165) is 25.1 Å². The van der Waals surface area contributed by atoms with E-state index in [-0.39, 0.29) is 12.3 Å². The van der Waals surface area contributed by atoms with Gasteiger partial charge in [0, 0.05) is 13.0 Å². The smallest absolute Gasteiger partial charge is 0.213 e. The Morgan fingerprint density at radius 1 is 1.33 bits per heavy atom. The molecule has 0 spiro atoms. The van der Waals surface area contributed by atoms with Crippen molar-refractivity contribution in [2.24, 2.45) is 0 Å². The molecule has 0 aliphatic heterocycles. The van der Waals surface area contributed by atoms with Crippen LogP contribution in [0.2, 0.25) is 0 Å². The van der Waals surface area contributed by atoms with E-state index in [0.29, 0.717) is 12.4 Å². The van der Waals surface area contributed by atoms with Crippen LogP contribution in [0.1, 0.15) is 31.9 Å². The van der Waals surface area contributed by atoms with Crippen molar-refractivity contribution < 1.29 is 12.8 Å². The fourth-order valence-electron chi connectivity index (χ4n) is 1.35. The van der Waals surface area contributed by atoms with Gasteiger partial charge in [0.1, 0.15) is 5.76 Å². The fourth-order valence-corrected chi connectivity index (χ4v) is 2.25. The molecule has 18 heavy (non-hydrogen) atoms. The Morgan fingerprint density at radius 2 is 2.11 bits per heavy atom. The van der Waals surface area contributed by atoms with Crippen LogP contribution in [0.5, 0.6) is 0 Å². The zero-order valence-electron chi connectivity index (χ0n) is 10.9. The predicted octanol–water partition coefficient (Wildman–Crippen LogP) is 0.656. The lowest BCUT2D eigenvalue weighted by atomic mass is 10.4. The molecule has 6 nitrogen and oxygen atoms in total. The first-order valence-corrected chi connectivity index (χ1v) is 7.84. The second-order valence-electron chi connectivity index (χ2n) is 3.96. The summed E-state index contributed by atoms with van der Waals surface area (Å²) in [5.74, 6) is 1.22. The fraction of sp³-hybridized carbons (Fsp3) is 0.727. The van der Waals surface area contributed by atoms with Crippen LogP contribution < -0.4 is 10.0 Å². The normalized spacial score (nSPS) is 11.9. The van der Waals surface area contributed by atoms with Gasteiger partial charge >= 0.3 is 0 Å². The Labute approximate surface area is 108 Å². The number of nitrogens with one attached hydrogen (secondary N) is 2. The quantitative estimate of drug-likeness (QED) is 0.647. The number of hydrogen-bond acceptors (Lipinski definition) is 5. The first-order valence-electron chi connectivity index (χ1n) is 6.19. The number of aromatic nitrogens is 1. The standard InChI is InChI=1S/C11H21N3O3S/c1-3-5-12-6-7-18(15,16)14-9-11-13-8-10(4-2)17-11/h8,12,14H,3-7,9H2,1-2H3. The second-order valence-corrected chi connectivity index (χ2v) is 5.89. The van der Waals surface area contributed by atoms with E-state index in [4.69, 9.17) is 4.42 Å². The zero-order valence-corrected chi connectivity index (χ0v) is 11.7. The van der Waals surface area contributed by atoms with Gasteiger partial charge in [-0.1, -0.05) is 13.8 Å². The Balaban J connectivity index is 2.32. The van der Waals surface area contributed by atoms with E-state index in [1.807, 2.05) is 13.8 Å². The Bertz CT molecular complexity index is 442. The molecule has 1 rings (SSSR count). The van der Waals surface area contributed by atoms with Gasteiger partial charge in [-0.15, -0.1) is 0 Å². The summed E-state index contributed by atoms with van der Waals surface area (Å²) in [6.45, 7) is 5.38. The highest BCUT2D eigenvalue weighted by Crippen LogP contribution is 2.04. The molecule has 0 aliphatic carbocycles. The predicted molar refractivity (Wildman–Crippen MR) is 69.7 cm³/mol. The molecule has 1 aromatic heterocycles. The number of nitrogens with zero attached hydrogens (tertiary/aromatic N) is 1. The summed E-state index contributed by atoms with van der Waals surface area (Å²) in [4.78, 5) is 3.99. The third-order valence-electron chi connectivity index (χ3n) is 2.37. The van der Waals surface area contributed by atoms with Crippen molar-refractivity contribution in [1.82, 2.24) is 15.0 Å². The summed E-state index contributed by atoms with van der Waals surface area (Å²) in [5.41, 5.74) is 0. The van der Waals surface area contributed by atoms with Gasteiger partial charge in [-0.2, -0.15) is 0 Å². The third-order valence-corrected chi connectivity index (χ3v) is 3.69. The highest BCUT2D eigenvalue weighted by molar-refractivity contribution is 7.89. The van der Waals surface area contributed by atoms with E-state index in [9.17, 15) is 8.42 Å². The molecular weight excluding hydrogens is 254 g/mol. The highest BCUT2D eigenvalue weighted by atomic mass is 32.2. The summed E-state index contributed by atoms with van der Waals surface area (Å²) in [7, 11) is -3.27.